The molecule has 0 radical (unpaired) electrons. The third-order valence-electron chi connectivity index (χ3n) is 10.5. The van der Waals surface area contributed by atoms with Gasteiger partial charge >= 0.3 is 0 Å². The molecular weight excluding hydrogens is 659 g/mol. The van der Waals surface area contributed by atoms with Crippen LogP contribution in [0.2, 0.25) is 0 Å². The van der Waals surface area contributed by atoms with Crippen molar-refractivity contribution in [2.75, 3.05) is 0 Å². The highest BCUT2D eigenvalue weighted by molar-refractivity contribution is 6.00. The van der Waals surface area contributed by atoms with Crippen LogP contribution in [0.5, 0.6) is 0 Å². The summed E-state index contributed by atoms with van der Waals surface area (Å²) in [7, 11) is 0. The first-order chi connectivity index (χ1) is 26.5. The van der Waals surface area contributed by atoms with Gasteiger partial charge in [-0.2, -0.15) is 5.26 Å². The molecule has 1 aliphatic carbocycles. The van der Waals surface area contributed by atoms with Crippen LogP contribution in [0.4, 0.5) is 0 Å². The summed E-state index contributed by atoms with van der Waals surface area (Å²) >= 11 is 0. The van der Waals surface area contributed by atoms with Crippen molar-refractivity contribution in [2.24, 2.45) is 0 Å². The number of nitriles is 1. The van der Waals surface area contributed by atoms with E-state index in [1.807, 2.05) is 37.3 Å². The number of para-hydroxylation sites is 2. The quantitative estimate of drug-likeness (QED) is 0.167. The van der Waals surface area contributed by atoms with E-state index in [0.29, 0.717) is 5.56 Å². The minimum absolute atomic E-state index is 0.616. The molecule has 0 saturated heterocycles. The molecule has 2 heterocycles. The van der Waals surface area contributed by atoms with E-state index in [4.69, 9.17) is 8.83 Å². The van der Waals surface area contributed by atoms with Crippen molar-refractivity contribution in [1.82, 2.24) is 0 Å². The highest BCUT2D eigenvalue weighted by Gasteiger charge is 2.19. The van der Waals surface area contributed by atoms with Crippen molar-refractivity contribution in [3.63, 3.8) is 0 Å². The van der Waals surface area contributed by atoms with Crippen molar-refractivity contribution in [2.45, 2.75) is 26.7 Å². The highest BCUT2D eigenvalue weighted by atomic mass is 16.3. The predicted molar refractivity (Wildman–Crippen MR) is 225 cm³/mol. The Kier molecular flexibility index (Phi) is 8.30. The van der Waals surface area contributed by atoms with Gasteiger partial charge in [0.15, 0.2) is 0 Å². The molecule has 0 bridgehead atoms. The topological polar surface area (TPSA) is 50.1 Å². The van der Waals surface area contributed by atoms with Gasteiger partial charge in [-0.05, 0) is 119 Å². The fraction of sp³-hybridized carbons (Fsp3) is 0.0784. The summed E-state index contributed by atoms with van der Waals surface area (Å²) in [5, 5.41) is 12.3. The summed E-state index contributed by atoms with van der Waals surface area (Å²) in [4.78, 5) is 0. The Morgan fingerprint density at radius 2 is 1.24 bits per heavy atom. The number of furan rings is 2. The van der Waals surface area contributed by atoms with Gasteiger partial charge in [-0.1, -0.05) is 116 Å². The average molecular weight is 696 g/mol. The molecule has 0 atom stereocenters. The lowest BCUT2D eigenvalue weighted by atomic mass is 9.92. The van der Waals surface area contributed by atoms with Gasteiger partial charge in [-0.25, -0.2) is 0 Å². The van der Waals surface area contributed by atoms with Gasteiger partial charge in [0.25, 0.3) is 0 Å². The summed E-state index contributed by atoms with van der Waals surface area (Å²) in [5.74, 6) is 1.76. The highest BCUT2D eigenvalue weighted by Crippen LogP contribution is 2.40. The lowest BCUT2D eigenvalue weighted by Gasteiger charge is -2.11. The lowest BCUT2D eigenvalue weighted by Crippen LogP contribution is -1.89. The first-order valence-corrected chi connectivity index (χ1v) is 18.4. The summed E-state index contributed by atoms with van der Waals surface area (Å²) < 4.78 is 12.8. The zero-order valence-corrected chi connectivity index (χ0v) is 30.3. The Balaban J connectivity index is 1.05. The minimum atomic E-state index is 0.616. The smallest absolute Gasteiger partial charge is 0.143 e. The Hall–Kier alpha value is -6.89. The second kappa shape index (κ2) is 13.6. The zero-order valence-electron chi connectivity index (χ0n) is 30.3. The van der Waals surface area contributed by atoms with Crippen LogP contribution in [-0.2, 0) is 6.42 Å². The second-order valence-electron chi connectivity index (χ2n) is 14.0. The molecule has 9 rings (SSSR count). The summed E-state index contributed by atoms with van der Waals surface area (Å²) in [6.07, 6.45) is 12.1. The molecule has 258 valence electrons. The number of nitrogens with zero attached hydrogens (tertiary/aromatic N) is 1. The van der Waals surface area contributed by atoms with Crippen molar-refractivity contribution >= 4 is 40.2 Å². The third kappa shape index (κ3) is 5.79. The third-order valence-corrected chi connectivity index (χ3v) is 10.5. The molecule has 0 N–H and O–H groups in total. The van der Waals surface area contributed by atoms with Crippen LogP contribution in [0, 0.1) is 18.3 Å². The lowest BCUT2D eigenvalue weighted by molar-refractivity contribution is 0.596. The van der Waals surface area contributed by atoms with Crippen LogP contribution in [0.1, 0.15) is 47.1 Å². The molecule has 1 aliphatic rings. The maximum absolute atomic E-state index is 10.1. The number of allylic oxidation sites excluding steroid dienone is 2. The largest absolute Gasteiger partial charge is 0.456 e. The molecule has 54 heavy (non-hydrogen) atoms. The van der Waals surface area contributed by atoms with Crippen LogP contribution in [-0.4, -0.2) is 0 Å². The molecule has 3 heteroatoms. The van der Waals surface area contributed by atoms with Crippen molar-refractivity contribution < 1.29 is 8.83 Å². The number of hydrogen-bond acceptors (Lipinski definition) is 3. The Morgan fingerprint density at radius 3 is 1.96 bits per heavy atom. The molecule has 6 aromatic carbocycles. The molecule has 0 saturated carbocycles. The summed E-state index contributed by atoms with van der Waals surface area (Å²) in [6, 6.07) is 45.2. The molecular formula is C51H37NO2. The number of hydrogen-bond donors (Lipinski definition) is 0. The van der Waals surface area contributed by atoms with Crippen molar-refractivity contribution in [3.8, 4) is 61.7 Å². The second-order valence-corrected chi connectivity index (χ2v) is 14.0. The van der Waals surface area contributed by atoms with E-state index in [1.54, 1.807) is 0 Å². The van der Waals surface area contributed by atoms with Crippen molar-refractivity contribution in [1.29, 1.82) is 5.26 Å². The van der Waals surface area contributed by atoms with Crippen LogP contribution < -0.4 is 0 Å². The molecule has 8 aromatic rings. The Labute approximate surface area is 315 Å². The maximum atomic E-state index is 10.1. The summed E-state index contributed by atoms with van der Waals surface area (Å²) in [6.45, 7) is 8.18. The normalized spacial score (nSPS) is 12.4. The van der Waals surface area contributed by atoms with E-state index in [2.05, 4.69) is 141 Å². The van der Waals surface area contributed by atoms with Gasteiger partial charge in [0.2, 0.25) is 0 Å². The van der Waals surface area contributed by atoms with Crippen LogP contribution in [0.15, 0.2) is 149 Å². The molecule has 0 fully saturated rings. The molecule has 0 spiro atoms. The van der Waals surface area contributed by atoms with Gasteiger partial charge in [-0.15, -0.1) is 0 Å². The van der Waals surface area contributed by atoms with Gasteiger partial charge in [0.05, 0.1) is 11.6 Å². The van der Waals surface area contributed by atoms with Crippen molar-refractivity contribution in [3.05, 3.63) is 174 Å². The van der Waals surface area contributed by atoms with Gasteiger partial charge < -0.3 is 8.83 Å². The van der Waals surface area contributed by atoms with Crippen LogP contribution >= 0.6 is 0 Å². The molecule has 3 nitrogen and oxygen atoms in total. The first kappa shape index (κ1) is 33.0. The predicted octanol–water partition coefficient (Wildman–Crippen LogP) is 14.3. The number of rotatable bonds is 7. The van der Waals surface area contributed by atoms with E-state index in [1.165, 1.54) is 11.1 Å². The maximum Gasteiger partial charge on any atom is 0.143 e. The van der Waals surface area contributed by atoms with Gasteiger partial charge in [0.1, 0.15) is 22.7 Å². The van der Waals surface area contributed by atoms with E-state index < -0.39 is 0 Å². The Bertz CT molecular complexity index is 2870. The standard InChI is InChI=1S/C51H37NO2/c1-4-11-48-42(5-2)46-17-9-15-43(50(46)53-48)40-25-32(3)24-38(29-40)35-22-20-34(21-23-35)36-12-8-13-37(28-36)39-26-33(31-52)27-41(30-39)44-16-10-18-47-45-14-6-7-19-49(45)54-51(44)47/h4-5,7-13,15-30H,2,6,14H2,1,3H3/b11-4-. The van der Waals surface area contributed by atoms with E-state index in [9.17, 15) is 5.26 Å². The average Bonchev–Trinajstić information content (AvgIpc) is 3.78. The number of aryl methyl sites for hydroxylation is 2. The van der Waals surface area contributed by atoms with Gasteiger partial charge in [-0.3, -0.25) is 0 Å². The van der Waals surface area contributed by atoms with Gasteiger partial charge in [0, 0.05) is 33.0 Å². The monoisotopic (exact) mass is 695 g/mol. The SMILES string of the molecule is C=Cc1c(/C=C\C)oc2c(-c3cc(C)cc(-c4ccc(-c5cccc(-c6cc(C#N)cc(-c7cccc8c9c(oc78)C=CCC9)c6)c5)cc4)c3)cccc12. The van der Waals surface area contributed by atoms with Crippen LogP contribution in [0.25, 0.3) is 95.8 Å². The summed E-state index contributed by atoms with van der Waals surface area (Å²) in [5.41, 5.74) is 16.5. The van der Waals surface area contributed by atoms with E-state index in [-0.39, 0.29) is 0 Å². The van der Waals surface area contributed by atoms with E-state index >= 15 is 0 Å². The minimum Gasteiger partial charge on any atom is -0.456 e. The zero-order chi connectivity index (χ0) is 36.8. The molecule has 2 aromatic heterocycles. The molecule has 0 amide bonds. The number of fused-ring (bicyclic) bond motifs is 4. The number of benzene rings is 6. The fourth-order valence-electron chi connectivity index (χ4n) is 7.95. The fourth-order valence-corrected chi connectivity index (χ4v) is 7.95. The van der Waals surface area contributed by atoms with E-state index in [0.717, 1.165) is 107 Å². The first-order valence-electron chi connectivity index (χ1n) is 18.4. The van der Waals surface area contributed by atoms with Crippen LogP contribution in [0.3, 0.4) is 0 Å². The Morgan fingerprint density at radius 1 is 0.648 bits per heavy atom. The molecule has 0 aliphatic heterocycles. The molecule has 0 unspecified atom stereocenters.